The Morgan fingerprint density at radius 3 is 2.52 bits per heavy atom. The first-order chi connectivity index (χ1) is 9.78. The Bertz CT molecular complexity index is 526. The first-order valence-electron chi connectivity index (χ1n) is 6.62. The van der Waals surface area contributed by atoms with Crippen LogP contribution in [-0.4, -0.2) is 63.2 Å². The number of nitrogens with zero attached hydrogens (tertiary/aromatic N) is 5. The van der Waals surface area contributed by atoms with Crippen molar-refractivity contribution < 1.29 is 10.0 Å². The van der Waals surface area contributed by atoms with Gasteiger partial charge in [-0.15, -0.1) is 0 Å². The van der Waals surface area contributed by atoms with Gasteiger partial charge in [0, 0.05) is 32.7 Å². The van der Waals surface area contributed by atoms with Crippen LogP contribution in [0.3, 0.4) is 0 Å². The first-order valence-corrected chi connectivity index (χ1v) is 7.00. The van der Waals surface area contributed by atoms with Crippen LogP contribution in [0.4, 0.5) is 11.5 Å². The van der Waals surface area contributed by atoms with Crippen LogP contribution in [-0.2, 0) is 0 Å². The molecule has 2 rings (SSSR count). The van der Waals surface area contributed by atoms with Gasteiger partial charge in [-0.2, -0.15) is 0 Å². The highest BCUT2D eigenvalue weighted by Gasteiger charge is 2.29. The van der Waals surface area contributed by atoms with Gasteiger partial charge in [-0.3, -0.25) is 15.0 Å². The fourth-order valence-corrected chi connectivity index (χ4v) is 2.60. The van der Waals surface area contributed by atoms with Crippen molar-refractivity contribution in [1.29, 1.82) is 0 Å². The quantitative estimate of drug-likeness (QED) is 0.501. The Labute approximate surface area is 127 Å². The number of rotatable bonds is 4. The summed E-state index contributed by atoms with van der Waals surface area (Å²) < 4.78 is 0. The highest BCUT2D eigenvalue weighted by atomic mass is 35.5. The highest BCUT2D eigenvalue weighted by molar-refractivity contribution is 6.31. The van der Waals surface area contributed by atoms with E-state index in [1.54, 1.807) is 13.8 Å². The van der Waals surface area contributed by atoms with Crippen molar-refractivity contribution in [2.24, 2.45) is 0 Å². The van der Waals surface area contributed by atoms with Gasteiger partial charge in [-0.05, 0) is 13.8 Å². The second-order valence-electron chi connectivity index (χ2n) is 5.67. The molecule has 1 aromatic heterocycles. The maximum atomic E-state index is 11.1. The lowest BCUT2D eigenvalue weighted by atomic mass is 10.1. The normalized spacial score (nSPS) is 17.0. The number of aliphatic hydroxyl groups is 1. The summed E-state index contributed by atoms with van der Waals surface area (Å²) in [6.45, 7) is 6.65. The van der Waals surface area contributed by atoms with Crippen LogP contribution in [0, 0.1) is 10.1 Å². The minimum Gasteiger partial charge on any atom is -0.389 e. The number of anilines is 1. The summed E-state index contributed by atoms with van der Waals surface area (Å²) in [7, 11) is 0. The maximum absolute atomic E-state index is 11.1. The van der Waals surface area contributed by atoms with Crippen LogP contribution in [0.2, 0.25) is 5.15 Å². The molecule has 8 nitrogen and oxygen atoms in total. The SMILES string of the molecule is CC(C)(O)CN1CCN(c2ncnc(Cl)c2[N+](=O)[O-])CC1. The highest BCUT2D eigenvalue weighted by Crippen LogP contribution is 2.31. The minimum atomic E-state index is -0.758. The van der Waals surface area contributed by atoms with Crippen LogP contribution in [0.1, 0.15) is 13.8 Å². The molecule has 2 heterocycles. The van der Waals surface area contributed by atoms with Gasteiger partial charge in [0.05, 0.1) is 10.5 Å². The molecule has 9 heteroatoms. The molecule has 1 N–H and O–H groups in total. The molecule has 116 valence electrons. The van der Waals surface area contributed by atoms with Gasteiger partial charge in [0.15, 0.2) is 0 Å². The summed E-state index contributed by atoms with van der Waals surface area (Å²) in [5, 5.41) is 20.8. The van der Waals surface area contributed by atoms with Crippen LogP contribution < -0.4 is 4.90 Å². The summed E-state index contributed by atoms with van der Waals surface area (Å²) in [6, 6.07) is 0. The molecule has 0 aromatic carbocycles. The Hall–Kier alpha value is -1.51. The van der Waals surface area contributed by atoms with E-state index in [4.69, 9.17) is 11.6 Å². The molecule has 1 saturated heterocycles. The minimum absolute atomic E-state index is 0.149. The van der Waals surface area contributed by atoms with Crippen molar-refractivity contribution in [2.45, 2.75) is 19.4 Å². The molecule has 0 aliphatic carbocycles. The molecule has 1 aromatic rings. The number of halogens is 1. The molecule has 1 aliphatic heterocycles. The average molecular weight is 316 g/mol. The van der Waals surface area contributed by atoms with Gasteiger partial charge in [0.1, 0.15) is 6.33 Å². The van der Waals surface area contributed by atoms with Gasteiger partial charge in [0.25, 0.3) is 0 Å². The molecule has 1 aliphatic rings. The van der Waals surface area contributed by atoms with Crippen LogP contribution in [0.5, 0.6) is 0 Å². The Balaban J connectivity index is 2.10. The Morgan fingerprint density at radius 1 is 1.38 bits per heavy atom. The third kappa shape index (κ3) is 3.99. The van der Waals surface area contributed by atoms with Crippen molar-refractivity contribution in [1.82, 2.24) is 14.9 Å². The van der Waals surface area contributed by atoms with Gasteiger partial charge >= 0.3 is 5.69 Å². The molecular formula is C12H18ClN5O3. The van der Waals surface area contributed by atoms with Crippen molar-refractivity contribution >= 4 is 23.1 Å². The fraction of sp³-hybridized carbons (Fsp3) is 0.667. The summed E-state index contributed by atoms with van der Waals surface area (Å²) in [6.07, 6.45) is 1.23. The van der Waals surface area contributed by atoms with E-state index >= 15 is 0 Å². The number of hydrogen-bond donors (Lipinski definition) is 1. The molecule has 0 amide bonds. The van der Waals surface area contributed by atoms with Crippen molar-refractivity contribution in [3.63, 3.8) is 0 Å². The number of aromatic nitrogens is 2. The average Bonchev–Trinajstić information content (AvgIpc) is 2.37. The number of nitro groups is 1. The molecule has 21 heavy (non-hydrogen) atoms. The first kappa shape index (κ1) is 15.9. The zero-order valence-corrected chi connectivity index (χ0v) is 12.7. The molecule has 0 spiro atoms. The predicted octanol–water partition coefficient (Wildman–Crippen LogP) is 0.931. The van der Waals surface area contributed by atoms with E-state index in [1.807, 2.05) is 4.90 Å². The lowest BCUT2D eigenvalue weighted by molar-refractivity contribution is -0.384. The van der Waals surface area contributed by atoms with Gasteiger partial charge < -0.3 is 10.0 Å². The van der Waals surface area contributed by atoms with E-state index in [0.29, 0.717) is 32.7 Å². The van der Waals surface area contributed by atoms with E-state index in [9.17, 15) is 15.2 Å². The summed E-state index contributed by atoms with van der Waals surface area (Å²) in [4.78, 5) is 22.2. The van der Waals surface area contributed by atoms with Crippen molar-refractivity contribution in [3.05, 3.63) is 21.6 Å². The predicted molar refractivity (Wildman–Crippen MR) is 78.6 cm³/mol. The number of piperazine rings is 1. The lowest BCUT2D eigenvalue weighted by Gasteiger charge is -2.37. The number of β-amino-alcohol motifs (C(OH)–C–C–N with tert-alkyl or cyclic N) is 1. The second kappa shape index (κ2) is 6.08. The molecular weight excluding hydrogens is 298 g/mol. The lowest BCUT2D eigenvalue weighted by Crippen LogP contribution is -2.50. The maximum Gasteiger partial charge on any atom is 0.348 e. The third-order valence-electron chi connectivity index (χ3n) is 3.22. The Kier molecular flexibility index (Phi) is 4.60. The summed E-state index contributed by atoms with van der Waals surface area (Å²) >= 11 is 5.80. The Morgan fingerprint density at radius 2 is 2.00 bits per heavy atom. The fourth-order valence-electron chi connectivity index (χ4n) is 2.40. The largest absolute Gasteiger partial charge is 0.389 e. The van der Waals surface area contributed by atoms with Gasteiger partial charge in [0.2, 0.25) is 11.0 Å². The zero-order valence-electron chi connectivity index (χ0n) is 12.0. The van der Waals surface area contributed by atoms with Crippen LogP contribution in [0.15, 0.2) is 6.33 Å². The topological polar surface area (TPSA) is 95.6 Å². The van der Waals surface area contributed by atoms with E-state index in [-0.39, 0.29) is 16.7 Å². The number of hydrogen-bond acceptors (Lipinski definition) is 7. The van der Waals surface area contributed by atoms with Crippen LogP contribution in [0.25, 0.3) is 0 Å². The van der Waals surface area contributed by atoms with E-state index in [0.717, 1.165) is 0 Å². The van der Waals surface area contributed by atoms with E-state index in [1.165, 1.54) is 6.33 Å². The third-order valence-corrected chi connectivity index (χ3v) is 3.50. The molecule has 0 unspecified atom stereocenters. The second-order valence-corrected chi connectivity index (χ2v) is 6.03. The van der Waals surface area contributed by atoms with Gasteiger partial charge in [-0.25, -0.2) is 9.97 Å². The van der Waals surface area contributed by atoms with E-state index < -0.39 is 10.5 Å². The van der Waals surface area contributed by atoms with Crippen molar-refractivity contribution in [2.75, 3.05) is 37.6 Å². The van der Waals surface area contributed by atoms with Crippen molar-refractivity contribution in [3.8, 4) is 0 Å². The van der Waals surface area contributed by atoms with Gasteiger partial charge in [-0.1, -0.05) is 11.6 Å². The molecule has 0 radical (unpaired) electrons. The molecule has 1 fully saturated rings. The zero-order chi connectivity index (χ0) is 15.6. The van der Waals surface area contributed by atoms with Crippen LogP contribution >= 0.6 is 11.6 Å². The molecule has 0 saturated carbocycles. The standard InChI is InChI=1S/C12H18ClN5O3/c1-12(2,19)7-16-3-5-17(6-4-16)11-9(18(20)21)10(13)14-8-15-11/h8,19H,3-7H2,1-2H3. The smallest absolute Gasteiger partial charge is 0.348 e. The summed E-state index contributed by atoms with van der Waals surface area (Å²) in [5.74, 6) is 0.253. The molecule has 0 atom stereocenters. The monoisotopic (exact) mass is 315 g/mol. The molecule has 0 bridgehead atoms. The van der Waals surface area contributed by atoms with E-state index in [2.05, 4.69) is 14.9 Å². The summed E-state index contributed by atoms with van der Waals surface area (Å²) in [5.41, 5.74) is -1.01.